The van der Waals surface area contributed by atoms with E-state index in [2.05, 4.69) is 5.32 Å². The summed E-state index contributed by atoms with van der Waals surface area (Å²) in [6.45, 7) is 3.45. The Hall–Kier alpha value is -2.47. The zero-order valence-electron chi connectivity index (χ0n) is 14.7. The molecule has 6 heteroatoms. The van der Waals surface area contributed by atoms with E-state index in [1.807, 2.05) is 31.4 Å². The zero-order valence-corrected chi connectivity index (χ0v) is 15.5. The number of carbonyl (C=O) groups is 2. The van der Waals surface area contributed by atoms with Crippen LogP contribution in [0.5, 0.6) is 5.75 Å². The summed E-state index contributed by atoms with van der Waals surface area (Å²) in [5.41, 5.74) is 1.93. The lowest BCUT2D eigenvalue weighted by molar-refractivity contribution is -0.123. The van der Waals surface area contributed by atoms with Crippen molar-refractivity contribution in [3.8, 4) is 5.75 Å². The summed E-state index contributed by atoms with van der Waals surface area (Å²) < 4.78 is 10.5. The van der Waals surface area contributed by atoms with E-state index in [0.29, 0.717) is 17.0 Å². The maximum atomic E-state index is 12.3. The Morgan fingerprint density at radius 1 is 1.12 bits per heavy atom. The summed E-state index contributed by atoms with van der Waals surface area (Å²) in [5.74, 6) is -0.408. The molecule has 0 saturated carbocycles. The lowest BCUT2D eigenvalue weighted by atomic mass is 10.2. The van der Waals surface area contributed by atoms with E-state index in [0.717, 1.165) is 10.5 Å². The summed E-state index contributed by atoms with van der Waals surface area (Å²) in [6.07, 6.45) is 1.03. The summed E-state index contributed by atoms with van der Waals surface area (Å²) in [4.78, 5) is 25.5. The number of rotatable bonds is 6. The molecule has 25 heavy (non-hydrogen) atoms. The Labute approximate surface area is 151 Å². The van der Waals surface area contributed by atoms with E-state index in [1.54, 1.807) is 36.0 Å². The van der Waals surface area contributed by atoms with Gasteiger partial charge in [0.2, 0.25) is 0 Å². The Balaban J connectivity index is 2.02. The number of methoxy groups -OCH3 is 1. The summed E-state index contributed by atoms with van der Waals surface area (Å²) in [5, 5.41) is 2.73. The van der Waals surface area contributed by atoms with Crippen molar-refractivity contribution in [2.75, 3.05) is 18.7 Å². The van der Waals surface area contributed by atoms with Crippen LogP contribution >= 0.6 is 11.8 Å². The van der Waals surface area contributed by atoms with Gasteiger partial charge in [-0.3, -0.25) is 4.79 Å². The van der Waals surface area contributed by atoms with Crippen molar-refractivity contribution >= 4 is 29.3 Å². The molecule has 1 amide bonds. The second-order valence-corrected chi connectivity index (χ2v) is 6.35. The second kappa shape index (κ2) is 8.58. The minimum Gasteiger partial charge on any atom is -0.495 e. The molecule has 1 N–H and O–H groups in total. The lowest BCUT2D eigenvalue weighted by Crippen LogP contribution is -2.30. The molecular formula is C19H21NO4S. The molecule has 0 fully saturated rings. The van der Waals surface area contributed by atoms with Crippen molar-refractivity contribution in [3.63, 3.8) is 0 Å². The topological polar surface area (TPSA) is 64.6 Å². The molecule has 2 rings (SSSR count). The molecular weight excluding hydrogens is 338 g/mol. The number of hydrogen-bond donors (Lipinski definition) is 1. The highest BCUT2D eigenvalue weighted by Crippen LogP contribution is 2.25. The van der Waals surface area contributed by atoms with E-state index in [-0.39, 0.29) is 0 Å². The van der Waals surface area contributed by atoms with Crippen LogP contribution in [0.15, 0.2) is 47.4 Å². The molecule has 132 valence electrons. The smallest absolute Gasteiger partial charge is 0.338 e. The summed E-state index contributed by atoms with van der Waals surface area (Å²) >= 11 is 1.59. The number of hydrogen-bond acceptors (Lipinski definition) is 5. The van der Waals surface area contributed by atoms with E-state index in [4.69, 9.17) is 9.47 Å². The van der Waals surface area contributed by atoms with Crippen LogP contribution in [0.3, 0.4) is 0 Å². The van der Waals surface area contributed by atoms with Gasteiger partial charge in [0.05, 0.1) is 18.4 Å². The molecule has 0 radical (unpaired) electrons. The fourth-order valence-electron chi connectivity index (χ4n) is 2.16. The van der Waals surface area contributed by atoms with Crippen LogP contribution in [-0.4, -0.2) is 31.3 Å². The van der Waals surface area contributed by atoms with Gasteiger partial charge in [-0.1, -0.05) is 6.07 Å². The largest absolute Gasteiger partial charge is 0.495 e. The molecule has 2 aromatic rings. The van der Waals surface area contributed by atoms with Crippen molar-refractivity contribution in [2.24, 2.45) is 0 Å². The fraction of sp³-hybridized carbons (Fsp3) is 0.263. The minimum absolute atomic E-state index is 0.408. The molecule has 0 aromatic heterocycles. The van der Waals surface area contributed by atoms with Gasteiger partial charge in [-0.2, -0.15) is 0 Å². The quantitative estimate of drug-likeness (QED) is 0.626. The number of thioether (sulfide) groups is 1. The van der Waals surface area contributed by atoms with E-state index < -0.39 is 18.0 Å². The van der Waals surface area contributed by atoms with Gasteiger partial charge in [0.1, 0.15) is 5.75 Å². The first-order valence-corrected chi connectivity index (χ1v) is 8.97. The normalized spacial score (nSPS) is 11.5. The first-order chi connectivity index (χ1) is 11.9. The van der Waals surface area contributed by atoms with Crippen LogP contribution in [0.4, 0.5) is 5.69 Å². The Morgan fingerprint density at radius 2 is 1.80 bits per heavy atom. The van der Waals surface area contributed by atoms with Gasteiger partial charge < -0.3 is 14.8 Å². The number of nitrogens with one attached hydrogen (secondary N) is 1. The number of benzene rings is 2. The first-order valence-electron chi connectivity index (χ1n) is 7.75. The van der Waals surface area contributed by atoms with Crippen LogP contribution < -0.4 is 10.1 Å². The zero-order chi connectivity index (χ0) is 18.4. The van der Waals surface area contributed by atoms with Crippen LogP contribution in [0.2, 0.25) is 0 Å². The number of carbonyl (C=O) groups excluding carboxylic acids is 2. The third-order valence-corrected chi connectivity index (χ3v) is 4.34. The number of anilines is 1. The molecule has 0 saturated heterocycles. The van der Waals surface area contributed by atoms with Crippen molar-refractivity contribution in [3.05, 3.63) is 53.6 Å². The fourth-order valence-corrected chi connectivity index (χ4v) is 2.57. The molecule has 0 bridgehead atoms. The second-order valence-electron chi connectivity index (χ2n) is 5.47. The van der Waals surface area contributed by atoms with Gasteiger partial charge in [0.15, 0.2) is 6.10 Å². The van der Waals surface area contributed by atoms with E-state index in [1.165, 1.54) is 14.0 Å². The Bertz CT molecular complexity index is 759. The van der Waals surface area contributed by atoms with Gasteiger partial charge in [-0.25, -0.2) is 4.79 Å². The SMILES string of the molecule is COc1ccc(C)cc1NC(=O)[C@H](C)OC(=O)c1ccc(SC)cc1. The average Bonchev–Trinajstić information content (AvgIpc) is 2.61. The third kappa shape index (κ3) is 5.00. The number of ether oxygens (including phenoxy) is 2. The summed E-state index contributed by atoms with van der Waals surface area (Å²) in [7, 11) is 1.53. The standard InChI is InChI=1S/C19H21NO4S/c1-12-5-10-17(23-3)16(11-12)20-18(21)13(2)24-19(22)14-6-8-15(25-4)9-7-14/h5-11,13H,1-4H3,(H,20,21)/t13-/m0/s1. The molecule has 0 heterocycles. The highest BCUT2D eigenvalue weighted by atomic mass is 32.2. The Morgan fingerprint density at radius 3 is 2.40 bits per heavy atom. The lowest BCUT2D eigenvalue weighted by Gasteiger charge is -2.15. The molecule has 1 atom stereocenters. The van der Waals surface area contributed by atoms with Gasteiger partial charge >= 0.3 is 5.97 Å². The van der Waals surface area contributed by atoms with Crippen molar-refractivity contribution in [1.29, 1.82) is 0 Å². The van der Waals surface area contributed by atoms with Crippen molar-refractivity contribution in [2.45, 2.75) is 24.8 Å². The van der Waals surface area contributed by atoms with Crippen molar-refractivity contribution < 1.29 is 19.1 Å². The Kier molecular flexibility index (Phi) is 6.47. The van der Waals surface area contributed by atoms with Gasteiger partial charge in [-0.15, -0.1) is 11.8 Å². The maximum Gasteiger partial charge on any atom is 0.338 e. The monoisotopic (exact) mass is 359 g/mol. The molecule has 0 spiro atoms. The molecule has 0 aliphatic heterocycles. The van der Waals surface area contributed by atoms with Crippen molar-refractivity contribution in [1.82, 2.24) is 0 Å². The van der Waals surface area contributed by atoms with Gasteiger partial charge in [-0.05, 0) is 62.1 Å². The number of esters is 1. The van der Waals surface area contributed by atoms with Gasteiger partial charge in [0.25, 0.3) is 5.91 Å². The van der Waals surface area contributed by atoms with E-state index >= 15 is 0 Å². The number of aryl methyl sites for hydroxylation is 1. The predicted molar refractivity (Wildman–Crippen MR) is 99.5 cm³/mol. The third-order valence-electron chi connectivity index (χ3n) is 3.59. The molecule has 2 aromatic carbocycles. The highest BCUT2D eigenvalue weighted by Gasteiger charge is 2.20. The molecule has 0 aliphatic rings. The number of amides is 1. The first kappa shape index (κ1) is 18.9. The van der Waals surface area contributed by atoms with Crippen LogP contribution in [0, 0.1) is 6.92 Å². The van der Waals surface area contributed by atoms with Crippen LogP contribution in [-0.2, 0) is 9.53 Å². The van der Waals surface area contributed by atoms with Crippen LogP contribution in [0.25, 0.3) is 0 Å². The predicted octanol–water partition coefficient (Wildman–Crippen LogP) is 3.91. The molecule has 0 unspecified atom stereocenters. The van der Waals surface area contributed by atoms with Gasteiger partial charge in [0, 0.05) is 4.90 Å². The molecule has 5 nitrogen and oxygen atoms in total. The van der Waals surface area contributed by atoms with E-state index in [9.17, 15) is 9.59 Å². The van der Waals surface area contributed by atoms with Crippen LogP contribution in [0.1, 0.15) is 22.8 Å². The average molecular weight is 359 g/mol. The maximum absolute atomic E-state index is 12.3. The summed E-state index contributed by atoms with van der Waals surface area (Å²) in [6, 6.07) is 12.5. The highest BCUT2D eigenvalue weighted by molar-refractivity contribution is 7.98. The minimum atomic E-state index is -0.932. The molecule has 0 aliphatic carbocycles.